The van der Waals surface area contributed by atoms with E-state index in [-0.39, 0.29) is 0 Å². The van der Waals surface area contributed by atoms with E-state index in [0.717, 1.165) is 32.6 Å². The Morgan fingerprint density at radius 3 is 2.70 bits per heavy atom. The van der Waals surface area contributed by atoms with E-state index in [2.05, 4.69) is 58.6 Å². The van der Waals surface area contributed by atoms with Gasteiger partial charge in [-0.15, -0.1) is 0 Å². The summed E-state index contributed by atoms with van der Waals surface area (Å²) in [6.45, 7) is 2.81. The van der Waals surface area contributed by atoms with Gasteiger partial charge in [0.05, 0.1) is 0 Å². The van der Waals surface area contributed by atoms with Crippen LogP contribution in [0.3, 0.4) is 0 Å². The normalized spacial score (nSPS) is 25.1. The number of nitrogens with zero attached hydrogens (tertiary/aromatic N) is 2. The maximum Gasteiger partial charge on any atom is 0.0468 e. The fraction of sp³-hybridized carbons (Fsp3) is 0.562. The van der Waals surface area contributed by atoms with Crippen LogP contribution in [0, 0.1) is 11.8 Å². The third-order valence-corrected chi connectivity index (χ3v) is 5.15. The summed E-state index contributed by atoms with van der Waals surface area (Å²) in [7, 11) is 2.05. The highest BCUT2D eigenvalue weighted by atomic mass is 79.9. The SMILES string of the molecule is CN1C[C@H](C(c2ccccc2Br)C2CCOCC2)C=N1. The lowest BCUT2D eigenvalue weighted by Gasteiger charge is -2.34. The van der Waals surface area contributed by atoms with Gasteiger partial charge in [0, 0.05) is 43.4 Å². The van der Waals surface area contributed by atoms with Crippen molar-refractivity contribution < 1.29 is 4.74 Å². The molecule has 0 aromatic heterocycles. The van der Waals surface area contributed by atoms with Crippen molar-refractivity contribution in [2.45, 2.75) is 18.8 Å². The van der Waals surface area contributed by atoms with Gasteiger partial charge in [-0.25, -0.2) is 0 Å². The molecule has 20 heavy (non-hydrogen) atoms. The molecule has 108 valence electrons. The molecule has 1 aromatic rings. The van der Waals surface area contributed by atoms with Gasteiger partial charge >= 0.3 is 0 Å². The molecule has 0 radical (unpaired) electrons. The average Bonchev–Trinajstić information content (AvgIpc) is 2.89. The Hall–Kier alpha value is -0.870. The second-order valence-corrected chi connectivity index (χ2v) is 6.62. The van der Waals surface area contributed by atoms with E-state index in [0.29, 0.717) is 17.8 Å². The Balaban J connectivity index is 1.90. The van der Waals surface area contributed by atoms with Crippen molar-refractivity contribution in [2.24, 2.45) is 16.9 Å². The van der Waals surface area contributed by atoms with Crippen LogP contribution in [0.25, 0.3) is 0 Å². The van der Waals surface area contributed by atoms with E-state index in [1.54, 1.807) is 0 Å². The Morgan fingerprint density at radius 2 is 2.05 bits per heavy atom. The van der Waals surface area contributed by atoms with Crippen LogP contribution in [0.2, 0.25) is 0 Å². The van der Waals surface area contributed by atoms with Crippen molar-refractivity contribution in [3.05, 3.63) is 34.3 Å². The average molecular weight is 337 g/mol. The summed E-state index contributed by atoms with van der Waals surface area (Å²) in [5, 5.41) is 6.50. The maximum atomic E-state index is 5.54. The number of hydrazone groups is 1. The van der Waals surface area contributed by atoms with Gasteiger partial charge in [-0.05, 0) is 36.3 Å². The number of ether oxygens (including phenoxy) is 1. The zero-order valence-electron chi connectivity index (χ0n) is 11.8. The molecule has 0 spiro atoms. The first-order chi connectivity index (χ1) is 9.75. The second kappa shape index (κ2) is 6.27. The fourth-order valence-corrected chi connectivity index (χ4v) is 4.01. The minimum atomic E-state index is 0.502. The third kappa shape index (κ3) is 2.91. The second-order valence-electron chi connectivity index (χ2n) is 5.77. The van der Waals surface area contributed by atoms with Crippen LogP contribution < -0.4 is 0 Å². The van der Waals surface area contributed by atoms with E-state index in [1.807, 2.05) is 5.01 Å². The molecule has 0 aliphatic carbocycles. The van der Waals surface area contributed by atoms with Crippen molar-refractivity contribution in [3.8, 4) is 0 Å². The highest BCUT2D eigenvalue weighted by molar-refractivity contribution is 9.10. The molecule has 2 heterocycles. The van der Waals surface area contributed by atoms with Crippen LogP contribution >= 0.6 is 15.9 Å². The lowest BCUT2D eigenvalue weighted by Crippen LogP contribution is -2.30. The first-order valence-corrected chi connectivity index (χ1v) is 8.12. The molecule has 0 amide bonds. The van der Waals surface area contributed by atoms with Crippen LogP contribution in [0.4, 0.5) is 0 Å². The van der Waals surface area contributed by atoms with Gasteiger partial charge in [-0.1, -0.05) is 34.1 Å². The zero-order valence-corrected chi connectivity index (χ0v) is 13.4. The predicted molar refractivity (Wildman–Crippen MR) is 85.0 cm³/mol. The van der Waals surface area contributed by atoms with Gasteiger partial charge in [-0.3, -0.25) is 5.01 Å². The van der Waals surface area contributed by atoms with E-state index >= 15 is 0 Å². The quantitative estimate of drug-likeness (QED) is 0.843. The molecule has 4 heteroatoms. The Morgan fingerprint density at radius 1 is 1.30 bits per heavy atom. The molecule has 0 N–H and O–H groups in total. The predicted octanol–water partition coefficient (Wildman–Crippen LogP) is 3.51. The molecule has 1 saturated heterocycles. The Kier molecular flexibility index (Phi) is 4.41. The van der Waals surface area contributed by atoms with Gasteiger partial charge in [0.2, 0.25) is 0 Å². The number of rotatable bonds is 3. The molecule has 0 saturated carbocycles. The van der Waals surface area contributed by atoms with Gasteiger partial charge in [-0.2, -0.15) is 5.10 Å². The van der Waals surface area contributed by atoms with E-state index in [1.165, 1.54) is 10.0 Å². The van der Waals surface area contributed by atoms with Crippen LogP contribution in [0.5, 0.6) is 0 Å². The first kappa shape index (κ1) is 14.1. The maximum absolute atomic E-state index is 5.54. The smallest absolute Gasteiger partial charge is 0.0468 e. The summed E-state index contributed by atoms with van der Waals surface area (Å²) in [6, 6.07) is 8.64. The molecule has 2 aliphatic heterocycles. The molecule has 2 atom stereocenters. The minimum Gasteiger partial charge on any atom is -0.381 e. The van der Waals surface area contributed by atoms with E-state index in [9.17, 15) is 0 Å². The molecule has 1 unspecified atom stereocenters. The fourth-order valence-electron chi connectivity index (χ4n) is 3.46. The molecule has 1 aromatic carbocycles. The van der Waals surface area contributed by atoms with Crippen molar-refractivity contribution >= 4 is 22.1 Å². The monoisotopic (exact) mass is 336 g/mol. The summed E-state index contributed by atoms with van der Waals surface area (Å²) in [6.07, 6.45) is 4.44. The molecular weight excluding hydrogens is 316 g/mol. The highest BCUT2D eigenvalue weighted by Gasteiger charge is 2.34. The zero-order chi connectivity index (χ0) is 13.9. The van der Waals surface area contributed by atoms with Gasteiger partial charge in [0.15, 0.2) is 0 Å². The Labute approximate surface area is 129 Å². The largest absolute Gasteiger partial charge is 0.381 e. The molecule has 3 nitrogen and oxygen atoms in total. The number of hydrogen-bond acceptors (Lipinski definition) is 3. The van der Waals surface area contributed by atoms with Crippen molar-refractivity contribution in [2.75, 3.05) is 26.8 Å². The van der Waals surface area contributed by atoms with Crippen LogP contribution in [0.15, 0.2) is 33.8 Å². The van der Waals surface area contributed by atoms with Crippen molar-refractivity contribution in [3.63, 3.8) is 0 Å². The minimum absolute atomic E-state index is 0.502. The topological polar surface area (TPSA) is 24.8 Å². The Bertz CT molecular complexity index is 485. The van der Waals surface area contributed by atoms with Crippen LogP contribution in [-0.4, -0.2) is 38.0 Å². The number of halogens is 1. The molecule has 1 fully saturated rings. The standard InChI is InChI=1S/C16H21BrN2O/c1-19-11-13(10-18-19)16(12-6-8-20-9-7-12)14-4-2-3-5-15(14)17/h2-5,10,12-13,16H,6-9,11H2,1H3/t13-,16?/m1/s1. The van der Waals surface area contributed by atoms with Crippen LogP contribution in [-0.2, 0) is 4.74 Å². The third-order valence-electron chi connectivity index (χ3n) is 4.43. The molecule has 0 bridgehead atoms. The first-order valence-electron chi connectivity index (χ1n) is 7.33. The molecular formula is C16H21BrN2O. The van der Waals surface area contributed by atoms with E-state index in [4.69, 9.17) is 4.74 Å². The van der Waals surface area contributed by atoms with Crippen LogP contribution in [0.1, 0.15) is 24.3 Å². The van der Waals surface area contributed by atoms with E-state index < -0.39 is 0 Å². The summed E-state index contributed by atoms with van der Waals surface area (Å²) in [5.41, 5.74) is 1.42. The number of benzene rings is 1. The molecule has 3 rings (SSSR count). The lowest BCUT2D eigenvalue weighted by molar-refractivity contribution is 0.0532. The number of hydrogen-bond donors (Lipinski definition) is 0. The van der Waals surface area contributed by atoms with Crippen molar-refractivity contribution in [1.29, 1.82) is 0 Å². The van der Waals surface area contributed by atoms with Gasteiger partial charge in [0.25, 0.3) is 0 Å². The summed E-state index contributed by atoms with van der Waals surface area (Å²) in [4.78, 5) is 0. The summed E-state index contributed by atoms with van der Waals surface area (Å²) < 4.78 is 6.77. The molecule has 2 aliphatic rings. The van der Waals surface area contributed by atoms with Crippen molar-refractivity contribution in [1.82, 2.24) is 5.01 Å². The lowest BCUT2D eigenvalue weighted by atomic mass is 9.74. The summed E-state index contributed by atoms with van der Waals surface area (Å²) >= 11 is 3.74. The highest BCUT2D eigenvalue weighted by Crippen LogP contribution is 2.41. The van der Waals surface area contributed by atoms with Gasteiger partial charge in [0.1, 0.15) is 0 Å². The summed E-state index contributed by atoms with van der Waals surface area (Å²) in [5.74, 6) is 1.72. The van der Waals surface area contributed by atoms with Gasteiger partial charge < -0.3 is 4.74 Å².